The lowest BCUT2D eigenvalue weighted by Gasteiger charge is -2.07. The monoisotopic (exact) mass is 296 g/mol. The minimum Gasteiger partial charge on any atom is -0.123 e. The van der Waals surface area contributed by atoms with Gasteiger partial charge in [0.25, 0.3) is 0 Å². The largest absolute Gasteiger partial charge is 0.123 e. The van der Waals surface area contributed by atoms with Crippen LogP contribution < -0.4 is 0 Å². The predicted octanol–water partition coefficient (Wildman–Crippen LogP) is 5.91. The molecule has 0 saturated carbocycles. The zero-order valence-electron chi connectivity index (χ0n) is 10.1. The smallest absolute Gasteiger partial charge is 0.0336 e. The molecule has 1 unspecified atom stereocenters. The quantitative estimate of drug-likeness (QED) is 0.328. The molecule has 0 N–H and O–H groups in total. The molecule has 0 heterocycles. The van der Waals surface area contributed by atoms with Crippen LogP contribution in [0.3, 0.4) is 0 Å². The highest BCUT2D eigenvalue weighted by molar-refractivity contribution is 9.09. The molecule has 0 aromatic heterocycles. The fourth-order valence-corrected chi connectivity index (χ4v) is 2.44. The third-order valence-electron chi connectivity index (χ3n) is 2.77. The maximum absolute atomic E-state index is 6.22. The van der Waals surface area contributed by atoms with E-state index in [0.717, 1.165) is 5.33 Å². The van der Waals surface area contributed by atoms with Gasteiger partial charge < -0.3 is 0 Å². The van der Waals surface area contributed by atoms with Gasteiger partial charge in [-0.25, -0.2) is 0 Å². The molecule has 92 valence electrons. The molecule has 0 aliphatic carbocycles. The molecule has 0 fully saturated rings. The van der Waals surface area contributed by atoms with Crippen molar-refractivity contribution in [2.75, 3.05) is 5.33 Å². The third-order valence-corrected chi connectivity index (χ3v) is 3.77. The summed E-state index contributed by atoms with van der Waals surface area (Å²) in [6, 6.07) is 0. The van der Waals surface area contributed by atoms with Crippen molar-refractivity contribution < 1.29 is 0 Å². The first kappa shape index (κ1) is 15.8. The van der Waals surface area contributed by atoms with Crippen LogP contribution in [0.2, 0.25) is 0 Å². The van der Waals surface area contributed by atoms with Gasteiger partial charge in [0.2, 0.25) is 0 Å². The predicted molar refractivity (Wildman–Crippen MR) is 75.3 cm³/mol. The summed E-state index contributed by atoms with van der Waals surface area (Å²) < 4.78 is 0. The molecule has 0 aromatic rings. The van der Waals surface area contributed by atoms with Crippen LogP contribution in [0.5, 0.6) is 0 Å². The lowest BCUT2D eigenvalue weighted by Crippen LogP contribution is -1.97. The molecule has 0 nitrogen and oxygen atoms in total. The van der Waals surface area contributed by atoms with E-state index in [4.69, 9.17) is 11.6 Å². The number of rotatable bonds is 11. The fourth-order valence-electron chi connectivity index (χ4n) is 1.74. The molecule has 0 spiro atoms. The Kier molecular flexibility index (Phi) is 13.5. The number of hydrogen-bond donors (Lipinski definition) is 0. The molecule has 0 bridgehead atoms. The van der Waals surface area contributed by atoms with Crippen molar-refractivity contribution in [3.8, 4) is 0 Å². The van der Waals surface area contributed by atoms with E-state index in [0.29, 0.717) is 5.38 Å². The average molecular weight is 298 g/mol. The SMILES string of the molecule is CCCCC(Cl)CCCCCCCCBr. The van der Waals surface area contributed by atoms with E-state index in [-0.39, 0.29) is 0 Å². The number of hydrogen-bond acceptors (Lipinski definition) is 0. The normalized spacial score (nSPS) is 13.0. The summed E-state index contributed by atoms with van der Waals surface area (Å²) in [6.07, 6.45) is 13.2. The van der Waals surface area contributed by atoms with Gasteiger partial charge in [0.1, 0.15) is 0 Å². The van der Waals surface area contributed by atoms with Crippen molar-refractivity contribution in [1.82, 2.24) is 0 Å². The van der Waals surface area contributed by atoms with E-state index in [2.05, 4.69) is 22.9 Å². The van der Waals surface area contributed by atoms with Crippen LogP contribution in [0.25, 0.3) is 0 Å². The van der Waals surface area contributed by atoms with Crippen molar-refractivity contribution in [1.29, 1.82) is 0 Å². The minimum atomic E-state index is 0.437. The second-order valence-corrected chi connectivity index (χ2v) is 5.75. The molecule has 2 heteroatoms. The Labute approximate surface area is 109 Å². The van der Waals surface area contributed by atoms with Crippen molar-refractivity contribution in [2.24, 2.45) is 0 Å². The van der Waals surface area contributed by atoms with Gasteiger partial charge in [-0.05, 0) is 19.3 Å². The fraction of sp³-hybridized carbons (Fsp3) is 1.00. The molecule has 15 heavy (non-hydrogen) atoms. The van der Waals surface area contributed by atoms with E-state index >= 15 is 0 Å². The molecular formula is C13H26BrCl. The minimum absolute atomic E-state index is 0.437. The molecule has 0 aromatic carbocycles. The van der Waals surface area contributed by atoms with E-state index in [9.17, 15) is 0 Å². The van der Waals surface area contributed by atoms with E-state index in [1.165, 1.54) is 64.2 Å². The van der Waals surface area contributed by atoms with Gasteiger partial charge >= 0.3 is 0 Å². The summed E-state index contributed by atoms with van der Waals surface area (Å²) in [5.41, 5.74) is 0. The van der Waals surface area contributed by atoms with Crippen LogP contribution in [0.4, 0.5) is 0 Å². The van der Waals surface area contributed by atoms with Gasteiger partial charge in [-0.1, -0.05) is 67.8 Å². The zero-order valence-corrected chi connectivity index (χ0v) is 12.5. The van der Waals surface area contributed by atoms with Crippen LogP contribution in [0.1, 0.15) is 71.1 Å². The van der Waals surface area contributed by atoms with E-state index < -0.39 is 0 Å². The number of alkyl halides is 2. The number of halogens is 2. The molecule has 0 amide bonds. The van der Waals surface area contributed by atoms with Gasteiger partial charge in [0.15, 0.2) is 0 Å². The first-order valence-electron chi connectivity index (χ1n) is 6.51. The average Bonchev–Trinajstić information content (AvgIpc) is 2.25. The Morgan fingerprint density at radius 3 is 2.00 bits per heavy atom. The van der Waals surface area contributed by atoms with Crippen LogP contribution >= 0.6 is 27.5 Å². The third kappa shape index (κ3) is 12.7. The molecule has 0 rings (SSSR count). The van der Waals surface area contributed by atoms with Crippen LogP contribution in [0, 0.1) is 0 Å². The summed E-state index contributed by atoms with van der Waals surface area (Å²) >= 11 is 9.67. The molecular weight excluding hydrogens is 272 g/mol. The first-order valence-corrected chi connectivity index (χ1v) is 8.07. The lowest BCUT2D eigenvalue weighted by molar-refractivity contribution is 0.559. The summed E-state index contributed by atoms with van der Waals surface area (Å²) in [6.45, 7) is 2.23. The topological polar surface area (TPSA) is 0 Å². The maximum atomic E-state index is 6.22. The van der Waals surface area contributed by atoms with Gasteiger partial charge in [-0.3, -0.25) is 0 Å². The first-order chi connectivity index (χ1) is 7.31. The summed E-state index contributed by atoms with van der Waals surface area (Å²) in [5, 5.41) is 1.60. The van der Waals surface area contributed by atoms with Crippen molar-refractivity contribution in [3.63, 3.8) is 0 Å². The number of unbranched alkanes of at least 4 members (excludes halogenated alkanes) is 6. The molecule has 0 aliphatic heterocycles. The molecule has 0 aliphatic rings. The van der Waals surface area contributed by atoms with Crippen LogP contribution in [0.15, 0.2) is 0 Å². The second-order valence-electron chi connectivity index (χ2n) is 4.34. The van der Waals surface area contributed by atoms with E-state index in [1.807, 2.05) is 0 Å². The van der Waals surface area contributed by atoms with Gasteiger partial charge in [0.05, 0.1) is 0 Å². The molecule has 0 radical (unpaired) electrons. The summed E-state index contributed by atoms with van der Waals surface area (Å²) in [5.74, 6) is 0. The Hall–Kier alpha value is 0.770. The Morgan fingerprint density at radius 1 is 0.867 bits per heavy atom. The van der Waals surface area contributed by atoms with Crippen LogP contribution in [-0.2, 0) is 0 Å². The highest BCUT2D eigenvalue weighted by atomic mass is 79.9. The summed E-state index contributed by atoms with van der Waals surface area (Å²) in [7, 11) is 0. The van der Waals surface area contributed by atoms with Crippen molar-refractivity contribution in [3.05, 3.63) is 0 Å². The van der Waals surface area contributed by atoms with Crippen molar-refractivity contribution in [2.45, 2.75) is 76.5 Å². The summed E-state index contributed by atoms with van der Waals surface area (Å²) in [4.78, 5) is 0. The Morgan fingerprint density at radius 2 is 1.40 bits per heavy atom. The van der Waals surface area contributed by atoms with Gasteiger partial charge in [0, 0.05) is 10.7 Å². The molecule has 0 saturated heterocycles. The highest BCUT2D eigenvalue weighted by Crippen LogP contribution is 2.16. The Balaban J connectivity index is 3.02. The van der Waals surface area contributed by atoms with Gasteiger partial charge in [-0.15, -0.1) is 11.6 Å². The molecule has 1 atom stereocenters. The highest BCUT2D eigenvalue weighted by Gasteiger charge is 2.02. The lowest BCUT2D eigenvalue weighted by atomic mass is 10.1. The van der Waals surface area contributed by atoms with Gasteiger partial charge in [-0.2, -0.15) is 0 Å². The second kappa shape index (κ2) is 12.8. The van der Waals surface area contributed by atoms with E-state index in [1.54, 1.807) is 0 Å². The van der Waals surface area contributed by atoms with Crippen molar-refractivity contribution >= 4 is 27.5 Å². The standard InChI is InChI=1S/C13H26BrCl/c1-2-3-10-13(15)11-8-6-4-5-7-9-12-14/h13H,2-12H2,1H3. The maximum Gasteiger partial charge on any atom is 0.0336 e. The van der Waals surface area contributed by atoms with Crippen LogP contribution in [-0.4, -0.2) is 10.7 Å². The Bertz CT molecular complexity index is 117. The zero-order chi connectivity index (χ0) is 11.4.